The third kappa shape index (κ3) is 3.20. The fraction of sp³-hybridized carbons (Fsp3) is 0.917. The van der Waals surface area contributed by atoms with Crippen LogP contribution in [0.4, 0.5) is 0 Å². The van der Waals surface area contributed by atoms with Gasteiger partial charge in [0.1, 0.15) is 0 Å². The number of morpholine rings is 1. The summed E-state index contributed by atoms with van der Waals surface area (Å²) in [6, 6.07) is 0. The molecule has 0 spiro atoms. The summed E-state index contributed by atoms with van der Waals surface area (Å²) in [5.41, 5.74) is 0.107. The highest BCUT2D eigenvalue weighted by molar-refractivity contribution is 5.78. The van der Waals surface area contributed by atoms with Crippen molar-refractivity contribution in [1.82, 2.24) is 4.90 Å². The highest BCUT2D eigenvalue weighted by Crippen LogP contribution is 2.25. The van der Waals surface area contributed by atoms with E-state index in [4.69, 9.17) is 4.74 Å². The fourth-order valence-corrected chi connectivity index (χ4v) is 1.74. The van der Waals surface area contributed by atoms with E-state index in [1.165, 1.54) is 0 Å². The predicted octanol–water partition coefficient (Wildman–Crippen LogP) is 1.92. The van der Waals surface area contributed by atoms with Gasteiger partial charge >= 0.3 is 0 Å². The molecule has 1 rings (SSSR count). The van der Waals surface area contributed by atoms with E-state index < -0.39 is 0 Å². The van der Waals surface area contributed by atoms with Gasteiger partial charge in [0.25, 0.3) is 0 Å². The molecular formula is C12H23NO2. The lowest BCUT2D eigenvalue weighted by molar-refractivity contribution is -0.146. The van der Waals surface area contributed by atoms with Gasteiger partial charge in [0.05, 0.1) is 12.7 Å². The molecule has 0 bridgehead atoms. The Morgan fingerprint density at radius 1 is 1.40 bits per heavy atom. The summed E-state index contributed by atoms with van der Waals surface area (Å²) in [4.78, 5) is 13.8. The zero-order valence-corrected chi connectivity index (χ0v) is 10.5. The molecule has 0 aliphatic carbocycles. The second-order valence-corrected chi connectivity index (χ2v) is 5.66. The molecule has 1 aliphatic rings. The minimum absolute atomic E-state index is 0.0868. The van der Waals surface area contributed by atoms with Crippen molar-refractivity contribution < 1.29 is 9.53 Å². The Balaban J connectivity index is 2.60. The van der Waals surface area contributed by atoms with E-state index in [1.54, 1.807) is 0 Å². The van der Waals surface area contributed by atoms with Gasteiger partial charge in [0.15, 0.2) is 0 Å². The van der Waals surface area contributed by atoms with Crippen molar-refractivity contribution in [3.05, 3.63) is 0 Å². The quantitative estimate of drug-likeness (QED) is 0.666. The van der Waals surface area contributed by atoms with Gasteiger partial charge in [-0.1, -0.05) is 34.6 Å². The summed E-state index contributed by atoms with van der Waals surface area (Å²) in [5, 5.41) is 0. The van der Waals surface area contributed by atoms with E-state index >= 15 is 0 Å². The van der Waals surface area contributed by atoms with E-state index in [-0.39, 0.29) is 23.3 Å². The van der Waals surface area contributed by atoms with Crippen molar-refractivity contribution in [2.45, 2.75) is 40.7 Å². The predicted molar refractivity (Wildman–Crippen MR) is 60.6 cm³/mol. The molecule has 3 heteroatoms. The van der Waals surface area contributed by atoms with Gasteiger partial charge in [-0.25, -0.2) is 0 Å². The van der Waals surface area contributed by atoms with Crippen molar-refractivity contribution in [2.24, 2.45) is 11.3 Å². The minimum Gasteiger partial charge on any atom is -0.374 e. The Hall–Kier alpha value is -0.570. The molecule has 1 saturated heterocycles. The third-order valence-electron chi connectivity index (χ3n) is 2.84. The van der Waals surface area contributed by atoms with Crippen LogP contribution in [0.25, 0.3) is 0 Å². The zero-order chi connectivity index (χ0) is 11.6. The van der Waals surface area contributed by atoms with Gasteiger partial charge in [0.2, 0.25) is 5.91 Å². The maximum atomic E-state index is 11.8. The monoisotopic (exact) mass is 213 g/mol. The van der Waals surface area contributed by atoms with E-state index in [9.17, 15) is 4.79 Å². The maximum absolute atomic E-state index is 11.8. The summed E-state index contributed by atoms with van der Waals surface area (Å²) in [6.07, 6.45) is 0.161. The Kier molecular flexibility index (Phi) is 3.77. The van der Waals surface area contributed by atoms with Gasteiger partial charge in [-0.15, -0.1) is 0 Å². The number of carbonyl (C=O) groups is 1. The van der Waals surface area contributed by atoms with Crippen molar-refractivity contribution in [3.8, 4) is 0 Å². The number of hydrogen-bond donors (Lipinski definition) is 0. The normalized spacial score (nSPS) is 23.3. The second kappa shape index (κ2) is 4.52. The van der Waals surface area contributed by atoms with Crippen LogP contribution in [-0.4, -0.2) is 36.6 Å². The number of carbonyl (C=O) groups excluding carboxylic acids is 1. The second-order valence-electron chi connectivity index (χ2n) is 5.66. The van der Waals surface area contributed by atoms with Crippen LogP contribution in [0.5, 0.6) is 0 Å². The summed E-state index contributed by atoms with van der Waals surface area (Å²) in [6.45, 7) is 12.5. The molecule has 1 unspecified atom stereocenters. The number of amides is 1. The first-order valence-electron chi connectivity index (χ1n) is 5.72. The van der Waals surface area contributed by atoms with E-state index in [1.807, 2.05) is 18.7 Å². The molecule has 0 aromatic carbocycles. The lowest BCUT2D eigenvalue weighted by Gasteiger charge is -2.40. The minimum atomic E-state index is 0.0868. The molecule has 0 aromatic rings. The van der Waals surface area contributed by atoms with Crippen molar-refractivity contribution in [1.29, 1.82) is 0 Å². The first-order valence-corrected chi connectivity index (χ1v) is 5.72. The third-order valence-corrected chi connectivity index (χ3v) is 2.84. The maximum Gasteiger partial charge on any atom is 0.225 e. The number of rotatable bonds is 1. The van der Waals surface area contributed by atoms with Crippen LogP contribution < -0.4 is 0 Å². The van der Waals surface area contributed by atoms with Crippen LogP contribution >= 0.6 is 0 Å². The first kappa shape index (κ1) is 12.5. The molecule has 3 nitrogen and oxygen atoms in total. The van der Waals surface area contributed by atoms with Crippen LogP contribution in [0.1, 0.15) is 34.6 Å². The molecule has 1 amide bonds. The van der Waals surface area contributed by atoms with Gasteiger partial charge in [-0.3, -0.25) is 4.79 Å². The molecule has 1 fully saturated rings. The Morgan fingerprint density at radius 3 is 2.47 bits per heavy atom. The molecule has 1 aliphatic heterocycles. The highest BCUT2D eigenvalue weighted by Gasteiger charge is 2.32. The highest BCUT2D eigenvalue weighted by atomic mass is 16.5. The molecule has 0 N–H and O–H groups in total. The molecule has 88 valence electrons. The average molecular weight is 213 g/mol. The van der Waals surface area contributed by atoms with Crippen molar-refractivity contribution in [3.63, 3.8) is 0 Å². The molecular weight excluding hydrogens is 190 g/mol. The Morgan fingerprint density at radius 2 is 2.00 bits per heavy atom. The topological polar surface area (TPSA) is 29.5 Å². The van der Waals surface area contributed by atoms with Crippen LogP contribution in [0.15, 0.2) is 0 Å². The molecule has 15 heavy (non-hydrogen) atoms. The zero-order valence-electron chi connectivity index (χ0n) is 10.5. The summed E-state index contributed by atoms with van der Waals surface area (Å²) < 4.78 is 5.71. The Bertz CT molecular complexity index is 230. The van der Waals surface area contributed by atoms with Crippen LogP contribution in [-0.2, 0) is 9.53 Å². The van der Waals surface area contributed by atoms with Gasteiger partial charge in [-0.2, -0.15) is 0 Å². The molecule has 0 radical (unpaired) electrons. The molecule has 1 heterocycles. The van der Waals surface area contributed by atoms with Crippen molar-refractivity contribution in [2.75, 3.05) is 19.7 Å². The lowest BCUT2D eigenvalue weighted by Crippen LogP contribution is -2.51. The number of hydrogen-bond acceptors (Lipinski definition) is 2. The smallest absolute Gasteiger partial charge is 0.225 e. The van der Waals surface area contributed by atoms with E-state index in [2.05, 4.69) is 20.8 Å². The van der Waals surface area contributed by atoms with Crippen LogP contribution in [0.3, 0.4) is 0 Å². The Labute approximate surface area is 92.8 Å². The largest absolute Gasteiger partial charge is 0.374 e. The summed E-state index contributed by atoms with van der Waals surface area (Å²) in [5.74, 6) is 0.330. The SMILES string of the molecule is CC(C)C(=O)N1CCOC(C(C)(C)C)C1. The van der Waals surface area contributed by atoms with Crippen molar-refractivity contribution >= 4 is 5.91 Å². The van der Waals surface area contributed by atoms with E-state index in [0.717, 1.165) is 13.1 Å². The standard InChI is InChI=1S/C12H23NO2/c1-9(2)11(14)13-6-7-15-10(8-13)12(3,4)5/h9-10H,6-8H2,1-5H3. The summed E-state index contributed by atoms with van der Waals surface area (Å²) in [7, 11) is 0. The van der Waals surface area contributed by atoms with Crippen LogP contribution in [0.2, 0.25) is 0 Å². The van der Waals surface area contributed by atoms with Crippen LogP contribution in [0, 0.1) is 11.3 Å². The lowest BCUT2D eigenvalue weighted by atomic mass is 9.88. The molecule has 1 atom stereocenters. The van der Waals surface area contributed by atoms with E-state index in [0.29, 0.717) is 6.61 Å². The van der Waals surface area contributed by atoms with Gasteiger partial charge in [0, 0.05) is 19.0 Å². The summed E-state index contributed by atoms with van der Waals surface area (Å²) >= 11 is 0. The van der Waals surface area contributed by atoms with Gasteiger partial charge in [-0.05, 0) is 5.41 Å². The average Bonchev–Trinajstić information content (AvgIpc) is 2.15. The number of nitrogens with zero attached hydrogens (tertiary/aromatic N) is 1. The first-order chi connectivity index (χ1) is 6.82. The fourth-order valence-electron chi connectivity index (χ4n) is 1.74. The molecule has 0 saturated carbocycles. The molecule has 0 aromatic heterocycles. The number of ether oxygens (including phenoxy) is 1. The van der Waals surface area contributed by atoms with Gasteiger partial charge < -0.3 is 9.64 Å².